The number of benzene rings is 3. The minimum absolute atomic E-state index is 0.0247. The largest absolute Gasteiger partial charge is 0.506 e. The number of halogens is 1. The van der Waals surface area contributed by atoms with Crippen molar-refractivity contribution in [3.05, 3.63) is 83.0 Å². The van der Waals surface area contributed by atoms with Gasteiger partial charge in [0, 0.05) is 17.3 Å². The van der Waals surface area contributed by atoms with Crippen LogP contribution in [0.2, 0.25) is 5.02 Å². The summed E-state index contributed by atoms with van der Waals surface area (Å²) in [5.41, 5.74) is 4.43. The molecule has 0 bridgehead atoms. The second-order valence-electron chi connectivity index (χ2n) is 6.69. The predicted octanol–water partition coefficient (Wildman–Crippen LogP) is 5.70. The number of carbonyl (C=O) groups excluding carboxylic acids is 1. The number of esters is 1. The molecule has 0 saturated carbocycles. The van der Waals surface area contributed by atoms with E-state index in [-0.39, 0.29) is 16.7 Å². The van der Waals surface area contributed by atoms with Gasteiger partial charge in [-0.15, -0.1) is 0 Å². The third-order valence-electron chi connectivity index (χ3n) is 4.86. The van der Waals surface area contributed by atoms with Crippen molar-refractivity contribution in [2.45, 2.75) is 6.92 Å². The Morgan fingerprint density at radius 1 is 1.10 bits per heavy atom. The van der Waals surface area contributed by atoms with Crippen LogP contribution in [0.1, 0.15) is 22.8 Å². The zero-order chi connectivity index (χ0) is 21.3. The zero-order valence-corrected chi connectivity index (χ0v) is 16.8. The van der Waals surface area contributed by atoms with Gasteiger partial charge in [-0.3, -0.25) is 0 Å². The highest BCUT2D eigenvalue weighted by atomic mass is 35.5. The van der Waals surface area contributed by atoms with Gasteiger partial charge < -0.3 is 14.4 Å². The van der Waals surface area contributed by atoms with E-state index < -0.39 is 0 Å². The summed E-state index contributed by atoms with van der Waals surface area (Å²) < 4.78 is 6.94. The first kappa shape index (κ1) is 19.6. The first-order valence-electron chi connectivity index (χ1n) is 9.33. The van der Waals surface area contributed by atoms with E-state index in [4.69, 9.17) is 16.3 Å². The summed E-state index contributed by atoms with van der Waals surface area (Å²) in [5.74, 6) is -0.340. The van der Waals surface area contributed by atoms with E-state index in [1.165, 1.54) is 0 Å². The van der Waals surface area contributed by atoms with Crippen LogP contribution >= 0.6 is 11.6 Å². The highest BCUT2D eigenvalue weighted by Gasteiger charge is 2.13. The van der Waals surface area contributed by atoms with Crippen LogP contribution in [0.25, 0.3) is 27.7 Å². The number of nitrogens with zero attached hydrogens (tertiary/aromatic N) is 2. The molecule has 4 rings (SSSR count). The summed E-state index contributed by atoms with van der Waals surface area (Å²) in [6, 6.07) is 20.1. The number of ether oxygens (including phenoxy) is 1. The van der Waals surface area contributed by atoms with Crippen molar-refractivity contribution in [3.63, 3.8) is 0 Å². The molecule has 6 heteroatoms. The van der Waals surface area contributed by atoms with E-state index in [9.17, 15) is 15.2 Å². The lowest BCUT2D eigenvalue weighted by Gasteiger charge is -2.08. The highest BCUT2D eigenvalue weighted by Crippen LogP contribution is 2.33. The van der Waals surface area contributed by atoms with Crippen LogP contribution in [0.15, 0.2) is 66.9 Å². The molecule has 0 aliphatic rings. The fraction of sp³-hybridized carbons (Fsp3) is 0.0833. The summed E-state index contributed by atoms with van der Waals surface area (Å²) in [6.07, 6.45) is 1.78. The average Bonchev–Trinajstić information content (AvgIpc) is 3.14. The first-order valence-corrected chi connectivity index (χ1v) is 9.71. The van der Waals surface area contributed by atoms with Crippen molar-refractivity contribution >= 4 is 28.5 Å². The molecule has 5 nitrogen and oxygen atoms in total. The second kappa shape index (κ2) is 7.94. The lowest BCUT2D eigenvalue weighted by atomic mass is 10.0. The average molecular weight is 417 g/mol. The molecule has 0 atom stereocenters. The number of rotatable bonds is 4. The minimum atomic E-state index is -0.365. The van der Waals surface area contributed by atoms with Crippen LogP contribution in [0.4, 0.5) is 0 Å². The molecule has 0 aliphatic carbocycles. The Balaban J connectivity index is 1.78. The maximum atomic E-state index is 11.9. The molecule has 1 heterocycles. The van der Waals surface area contributed by atoms with Crippen LogP contribution in [-0.4, -0.2) is 22.2 Å². The minimum Gasteiger partial charge on any atom is -0.506 e. The molecule has 0 unspecified atom stereocenters. The molecule has 148 valence electrons. The monoisotopic (exact) mass is 416 g/mol. The quantitative estimate of drug-likeness (QED) is 0.432. The number of aromatic hydroxyl groups is 1. The van der Waals surface area contributed by atoms with Crippen molar-refractivity contribution < 1.29 is 14.6 Å². The van der Waals surface area contributed by atoms with Crippen LogP contribution in [0.5, 0.6) is 5.75 Å². The predicted molar refractivity (Wildman–Crippen MR) is 116 cm³/mol. The Labute approximate surface area is 178 Å². The standard InChI is InChI=1S/C24H17ClN2O3/c1-2-30-24(29)15-3-7-19(8-4-15)27-14-18(13-26)20-11-16(5-9-22(20)27)17-6-10-23(28)21(25)12-17/h3-12,14,28H,2H2,1H3. The number of hydrogen-bond acceptors (Lipinski definition) is 4. The molecule has 0 aliphatic heterocycles. The fourth-order valence-corrected chi connectivity index (χ4v) is 3.55. The fourth-order valence-electron chi connectivity index (χ4n) is 3.37. The van der Waals surface area contributed by atoms with Gasteiger partial charge in [0.25, 0.3) is 0 Å². The Kier molecular flexibility index (Phi) is 5.18. The van der Waals surface area contributed by atoms with E-state index in [2.05, 4.69) is 6.07 Å². The summed E-state index contributed by atoms with van der Waals surface area (Å²) in [5, 5.41) is 20.4. The van der Waals surface area contributed by atoms with E-state index in [1.54, 1.807) is 43.5 Å². The van der Waals surface area contributed by atoms with Crippen molar-refractivity contribution in [2.24, 2.45) is 0 Å². The van der Waals surface area contributed by atoms with Gasteiger partial charge in [0.2, 0.25) is 0 Å². The second-order valence-corrected chi connectivity index (χ2v) is 7.10. The summed E-state index contributed by atoms with van der Waals surface area (Å²) in [7, 11) is 0. The van der Waals surface area contributed by atoms with Gasteiger partial charge in [-0.2, -0.15) is 5.26 Å². The molecular weight excluding hydrogens is 400 g/mol. The van der Waals surface area contributed by atoms with Gasteiger partial charge >= 0.3 is 5.97 Å². The van der Waals surface area contributed by atoms with Gasteiger partial charge in [0.15, 0.2) is 0 Å². The van der Waals surface area contributed by atoms with Gasteiger partial charge in [0.05, 0.1) is 28.3 Å². The lowest BCUT2D eigenvalue weighted by molar-refractivity contribution is 0.0526. The number of aromatic nitrogens is 1. The van der Waals surface area contributed by atoms with Crippen molar-refractivity contribution in [3.8, 4) is 28.6 Å². The molecule has 0 saturated heterocycles. The van der Waals surface area contributed by atoms with Crippen molar-refractivity contribution in [1.29, 1.82) is 5.26 Å². The van der Waals surface area contributed by atoms with Crippen molar-refractivity contribution in [2.75, 3.05) is 6.61 Å². The lowest BCUT2D eigenvalue weighted by Crippen LogP contribution is -2.04. The zero-order valence-electron chi connectivity index (χ0n) is 16.1. The molecule has 30 heavy (non-hydrogen) atoms. The number of fused-ring (bicyclic) bond motifs is 1. The molecule has 3 aromatic carbocycles. The molecule has 1 N–H and O–H groups in total. The van der Waals surface area contributed by atoms with E-state index in [1.807, 2.05) is 34.9 Å². The molecular formula is C24H17ClN2O3. The Morgan fingerprint density at radius 3 is 2.47 bits per heavy atom. The van der Waals surface area contributed by atoms with E-state index >= 15 is 0 Å². The highest BCUT2D eigenvalue weighted by molar-refractivity contribution is 6.32. The molecule has 0 fully saturated rings. The Morgan fingerprint density at radius 2 is 1.80 bits per heavy atom. The number of nitriles is 1. The number of carbonyl (C=O) groups is 1. The Hall–Kier alpha value is -3.75. The van der Waals surface area contributed by atoms with Crippen LogP contribution in [0.3, 0.4) is 0 Å². The summed E-state index contributed by atoms with van der Waals surface area (Å²) in [6.45, 7) is 2.09. The third-order valence-corrected chi connectivity index (χ3v) is 5.17. The number of phenolic OH excluding ortho intramolecular Hbond substituents is 1. The Bertz CT molecular complexity index is 1300. The SMILES string of the molecule is CCOC(=O)c1ccc(-n2cc(C#N)c3cc(-c4ccc(O)c(Cl)c4)ccc32)cc1. The smallest absolute Gasteiger partial charge is 0.338 e. The molecule has 0 amide bonds. The topological polar surface area (TPSA) is 75.2 Å². The molecule has 0 radical (unpaired) electrons. The molecule has 0 spiro atoms. The van der Waals surface area contributed by atoms with Gasteiger partial charge in [-0.1, -0.05) is 23.7 Å². The normalized spacial score (nSPS) is 10.7. The van der Waals surface area contributed by atoms with E-state index in [0.29, 0.717) is 17.7 Å². The molecule has 1 aromatic heterocycles. The van der Waals surface area contributed by atoms with E-state index in [0.717, 1.165) is 27.7 Å². The third kappa shape index (κ3) is 3.49. The van der Waals surface area contributed by atoms with Crippen LogP contribution in [-0.2, 0) is 4.74 Å². The summed E-state index contributed by atoms with van der Waals surface area (Å²) in [4.78, 5) is 11.9. The summed E-state index contributed by atoms with van der Waals surface area (Å²) >= 11 is 6.04. The van der Waals surface area contributed by atoms with Gasteiger partial charge in [0.1, 0.15) is 11.8 Å². The maximum Gasteiger partial charge on any atom is 0.338 e. The van der Waals surface area contributed by atoms with Gasteiger partial charge in [-0.05, 0) is 66.6 Å². The van der Waals surface area contributed by atoms with Crippen molar-refractivity contribution in [1.82, 2.24) is 4.57 Å². The van der Waals surface area contributed by atoms with Crippen LogP contribution < -0.4 is 0 Å². The number of hydrogen-bond donors (Lipinski definition) is 1. The molecule has 4 aromatic rings. The van der Waals surface area contributed by atoms with Crippen LogP contribution in [0, 0.1) is 11.3 Å². The number of phenols is 1. The first-order chi connectivity index (χ1) is 14.5. The maximum absolute atomic E-state index is 11.9. The van der Waals surface area contributed by atoms with Gasteiger partial charge in [-0.25, -0.2) is 4.79 Å².